The summed E-state index contributed by atoms with van der Waals surface area (Å²) in [5.41, 5.74) is -0.991. The van der Waals surface area contributed by atoms with Crippen molar-refractivity contribution in [1.29, 1.82) is 0 Å². The van der Waals surface area contributed by atoms with E-state index in [9.17, 15) is 33.7 Å². The van der Waals surface area contributed by atoms with Gasteiger partial charge in [-0.1, -0.05) is 23.2 Å². The van der Waals surface area contributed by atoms with Gasteiger partial charge in [0.2, 0.25) is 5.82 Å². The summed E-state index contributed by atoms with van der Waals surface area (Å²) < 4.78 is 18.0. The Morgan fingerprint density at radius 1 is 1.10 bits per heavy atom. The van der Waals surface area contributed by atoms with Gasteiger partial charge < -0.3 is 10.1 Å². The second-order valence-electron chi connectivity index (χ2n) is 6.14. The summed E-state index contributed by atoms with van der Waals surface area (Å²) in [6.07, 6.45) is 0. The Morgan fingerprint density at radius 3 is 2.23 bits per heavy atom. The third-order valence-electron chi connectivity index (χ3n) is 4.09. The first-order valence-electron chi connectivity index (χ1n) is 8.33. The number of fused-ring (bicyclic) bond motifs is 1. The second kappa shape index (κ2) is 8.66. The molecule has 0 aromatic heterocycles. The molecule has 31 heavy (non-hydrogen) atoms. The zero-order valence-corrected chi connectivity index (χ0v) is 16.7. The van der Waals surface area contributed by atoms with Crippen molar-refractivity contribution < 1.29 is 33.2 Å². The fraction of sp³-hybridized carbons (Fsp3) is 0.111. The molecule has 0 atom stereocenters. The highest BCUT2D eigenvalue weighted by Gasteiger charge is 2.37. The number of nitrogens with one attached hydrogen (secondary N) is 1. The predicted molar refractivity (Wildman–Crippen MR) is 104 cm³/mol. The standard InChI is InChI=1S/C18H10Cl2FN3O7/c19-11-4-9-10(5-12(11)20)18(28)23(17(9)27)6-16(26)31-7-15(25)22-8-1-2-13(21)14(3-8)24(29)30/h1-5H,6-7H2,(H,22,25). The Labute approximate surface area is 182 Å². The highest BCUT2D eigenvalue weighted by Crippen LogP contribution is 2.31. The monoisotopic (exact) mass is 469 g/mol. The van der Waals surface area contributed by atoms with Crippen LogP contribution in [0.15, 0.2) is 30.3 Å². The number of benzene rings is 2. The molecule has 1 N–H and O–H groups in total. The van der Waals surface area contributed by atoms with Gasteiger partial charge in [-0.2, -0.15) is 4.39 Å². The molecule has 0 saturated heterocycles. The number of esters is 1. The Hall–Kier alpha value is -3.57. The molecule has 3 amide bonds. The van der Waals surface area contributed by atoms with Gasteiger partial charge in [-0.15, -0.1) is 0 Å². The molecule has 2 aromatic rings. The Balaban J connectivity index is 1.58. The number of nitro groups is 1. The summed E-state index contributed by atoms with van der Waals surface area (Å²) in [5, 5.41) is 13.0. The minimum absolute atomic E-state index is 0.0251. The molecule has 1 heterocycles. The smallest absolute Gasteiger partial charge is 0.326 e. The van der Waals surface area contributed by atoms with Crippen molar-refractivity contribution in [2.45, 2.75) is 0 Å². The summed E-state index contributed by atoms with van der Waals surface area (Å²) in [5.74, 6) is -4.59. The van der Waals surface area contributed by atoms with Crippen molar-refractivity contribution in [3.05, 3.63) is 67.4 Å². The van der Waals surface area contributed by atoms with E-state index in [0.717, 1.165) is 18.2 Å². The zero-order chi connectivity index (χ0) is 22.9. The van der Waals surface area contributed by atoms with E-state index in [4.69, 9.17) is 27.9 Å². The fourth-order valence-electron chi connectivity index (χ4n) is 2.68. The fourth-order valence-corrected chi connectivity index (χ4v) is 3.00. The van der Waals surface area contributed by atoms with Crippen LogP contribution in [0.25, 0.3) is 0 Å². The van der Waals surface area contributed by atoms with Crippen LogP contribution in [0.3, 0.4) is 0 Å². The number of nitro benzene ring substituents is 1. The first-order chi connectivity index (χ1) is 14.6. The third-order valence-corrected chi connectivity index (χ3v) is 4.81. The molecule has 160 valence electrons. The van der Waals surface area contributed by atoms with Crippen LogP contribution < -0.4 is 5.32 Å². The van der Waals surface area contributed by atoms with E-state index < -0.39 is 53.3 Å². The quantitative estimate of drug-likeness (QED) is 0.297. The number of nitrogens with zero attached hydrogens (tertiary/aromatic N) is 2. The van der Waals surface area contributed by atoms with Gasteiger partial charge in [-0.25, -0.2) is 0 Å². The molecule has 1 aliphatic rings. The van der Waals surface area contributed by atoms with Crippen molar-refractivity contribution in [3.8, 4) is 0 Å². The van der Waals surface area contributed by atoms with Gasteiger partial charge in [0.1, 0.15) is 6.54 Å². The molecule has 3 rings (SSSR count). The number of rotatable bonds is 6. The molecule has 0 radical (unpaired) electrons. The maximum absolute atomic E-state index is 13.3. The number of anilines is 1. The molecule has 10 nitrogen and oxygen atoms in total. The molecule has 1 aliphatic heterocycles. The van der Waals surface area contributed by atoms with E-state index in [1.807, 2.05) is 0 Å². The summed E-state index contributed by atoms with van der Waals surface area (Å²) in [7, 11) is 0. The second-order valence-corrected chi connectivity index (χ2v) is 6.95. The van der Waals surface area contributed by atoms with Crippen molar-refractivity contribution in [2.24, 2.45) is 0 Å². The number of ether oxygens (including phenoxy) is 1. The number of imide groups is 1. The average molecular weight is 470 g/mol. The SMILES string of the molecule is O=C(COC(=O)CN1C(=O)c2cc(Cl)c(Cl)cc2C1=O)Nc1ccc(F)c([N+](=O)[O-])c1. The van der Waals surface area contributed by atoms with Crippen molar-refractivity contribution in [2.75, 3.05) is 18.5 Å². The molecule has 0 unspecified atom stereocenters. The van der Waals surface area contributed by atoms with E-state index >= 15 is 0 Å². The lowest BCUT2D eigenvalue weighted by Gasteiger charge is -2.13. The van der Waals surface area contributed by atoms with E-state index in [2.05, 4.69) is 5.32 Å². The number of carbonyl (C=O) groups is 4. The van der Waals surface area contributed by atoms with Crippen molar-refractivity contribution in [3.63, 3.8) is 0 Å². The van der Waals surface area contributed by atoms with Crippen LogP contribution in [0.1, 0.15) is 20.7 Å². The summed E-state index contributed by atoms with van der Waals surface area (Å²) in [6.45, 7) is -1.58. The lowest BCUT2D eigenvalue weighted by atomic mass is 10.1. The van der Waals surface area contributed by atoms with Gasteiger partial charge in [0, 0.05) is 11.8 Å². The topological polar surface area (TPSA) is 136 Å². The Morgan fingerprint density at radius 2 is 1.68 bits per heavy atom. The molecular formula is C18H10Cl2FN3O7. The van der Waals surface area contributed by atoms with Crippen LogP contribution >= 0.6 is 23.2 Å². The van der Waals surface area contributed by atoms with Crippen LogP contribution in [0.5, 0.6) is 0 Å². The first-order valence-corrected chi connectivity index (χ1v) is 9.08. The molecule has 2 aromatic carbocycles. The lowest BCUT2D eigenvalue weighted by Crippen LogP contribution is -2.36. The van der Waals surface area contributed by atoms with Crippen LogP contribution in [0.2, 0.25) is 10.0 Å². The number of halogens is 3. The summed E-state index contributed by atoms with van der Waals surface area (Å²) in [4.78, 5) is 58.9. The minimum Gasteiger partial charge on any atom is -0.454 e. The molecule has 0 spiro atoms. The van der Waals surface area contributed by atoms with Gasteiger partial charge >= 0.3 is 11.7 Å². The first kappa shape index (κ1) is 22.1. The summed E-state index contributed by atoms with van der Waals surface area (Å²) >= 11 is 11.7. The predicted octanol–water partition coefficient (Wildman–Crippen LogP) is 2.82. The van der Waals surface area contributed by atoms with Crippen molar-refractivity contribution >= 4 is 58.3 Å². The maximum Gasteiger partial charge on any atom is 0.326 e. The highest BCUT2D eigenvalue weighted by atomic mass is 35.5. The number of carbonyl (C=O) groups excluding carboxylic acids is 4. The van der Waals surface area contributed by atoms with Crippen LogP contribution in [-0.4, -0.2) is 46.7 Å². The van der Waals surface area contributed by atoms with Gasteiger partial charge in [-0.05, 0) is 24.3 Å². The van der Waals surface area contributed by atoms with E-state index in [0.29, 0.717) is 4.90 Å². The van der Waals surface area contributed by atoms with E-state index in [-0.39, 0.29) is 26.9 Å². The number of hydrogen-bond donors (Lipinski definition) is 1. The van der Waals surface area contributed by atoms with Crippen LogP contribution in [0.4, 0.5) is 15.8 Å². The van der Waals surface area contributed by atoms with Gasteiger partial charge in [0.25, 0.3) is 17.7 Å². The molecule has 13 heteroatoms. The maximum atomic E-state index is 13.3. The minimum atomic E-state index is -1.09. The number of hydrogen-bond acceptors (Lipinski definition) is 7. The van der Waals surface area contributed by atoms with E-state index in [1.54, 1.807) is 0 Å². The molecule has 0 aliphatic carbocycles. The van der Waals surface area contributed by atoms with Gasteiger partial charge in [-0.3, -0.25) is 34.2 Å². The Kier molecular flexibility index (Phi) is 6.18. The van der Waals surface area contributed by atoms with E-state index in [1.165, 1.54) is 12.1 Å². The lowest BCUT2D eigenvalue weighted by molar-refractivity contribution is -0.387. The van der Waals surface area contributed by atoms with Gasteiger partial charge in [0.05, 0.1) is 26.1 Å². The normalized spacial score (nSPS) is 12.5. The molecule has 0 fully saturated rings. The van der Waals surface area contributed by atoms with Gasteiger partial charge in [0.15, 0.2) is 6.61 Å². The van der Waals surface area contributed by atoms with Crippen LogP contribution in [-0.2, 0) is 14.3 Å². The number of amides is 3. The highest BCUT2D eigenvalue weighted by molar-refractivity contribution is 6.43. The summed E-state index contributed by atoms with van der Waals surface area (Å²) in [6, 6.07) is 5.09. The van der Waals surface area contributed by atoms with Crippen LogP contribution in [0, 0.1) is 15.9 Å². The van der Waals surface area contributed by atoms with Crippen molar-refractivity contribution in [1.82, 2.24) is 4.90 Å². The molecule has 0 saturated carbocycles. The largest absolute Gasteiger partial charge is 0.454 e. The third kappa shape index (κ3) is 4.62. The molecular weight excluding hydrogens is 460 g/mol. The zero-order valence-electron chi connectivity index (χ0n) is 15.2. The molecule has 0 bridgehead atoms. The average Bonchev–Trinajstić information content (AvgIpc) is 2.92. The Bertz CT molecular complexity index is 1110.